The first-order chi connectivity index (χ1) is 8.32. The van der Waals surface area contributed by atoms with Gasteiger partial charge < -0.3 is 10.4 Å². The van der Waals surface area contributed by atoms with Crippen molar-refractivity contribution < 1.29 is 14.7 Å². The highest BCUT2D eigenvalue weighted by molar-refractivity contribution is 6.31. The van der Waals surface area contributed by atoms with Crippen LogP contribution in [0.25, 0.3) is 0 Å². The molecule has 1 aromatic carbocycles. The number of nitrogens with one attached hydrogen (secondary N) is 1. The Morgan fingerprint density at radius 1 is 1.28 bits per heavy atom. The first-order valence-electron chi connectivity index (χ1n) is 5.66. The van der Waals surface area contributed by atoms with E-state index in [1.807, 2.05) is 13.8 Å². The van der Waals surface area contributed by atoms with Crippen molar-refractivity contribution in [3.05, 3.63) is 34.3 Å². The van der Waals surface area contributed by atoms with E-state index >= 15 is 0 Å². The summed E-state index contributed by atoms with van der Waals surface area (Å²) in [7, 11) is 0. The predicted octanol–water partition coefficient (Wildman–Crippen LogP) is 2.67. The fraction of sp³-hybridized carbons (Fsp3) is 0.385. The van der Waals surface area contributed by atoms with E-state index in [2.05, 4.69) is 5.32 Å². The third-order valence-electron chi connectivity index (χ3n) is 2.60. The van der Waals surface area contributed by atoms with E-state index in [9.17, 15) is 9.59 Å². The molecule has 0 aliphatic rings. The van der Waals surface area contributed by atoms with E-state index in [-0.39, 0.29) is 5.92 Å². The number of halogens is 1. The van der Waals surface area contributed by atoms with Crippen molar-refractivity contribution >= 4 is 23.5 Å². The molecule has 0 spiro atoms. The molecular weight excluding hydrogens is 254 g/mol. The molecule has 0 radical (unpaired) electrons. The molecule has 1 amide bonds. The molecule has 5 heteroatoms. The van der Waals surface area contributed by atoms with E-state index in [0.717, 1.165) is 5.56 Å². The number of carboxylic acid groups (broad SMARTS) is 1. The number of amides is 1. The molecule has 0 aromatic heterocycles. The van der Waals surface area contributed by atoms with E-state index in [4.69, 9.17) is 16.7 Å². The molecule has 18 heavy (non-hydrogen) atoms. The Kier molecular flexibility index (Phi) is 4.73. The van der Waals surface area contributed by atoms with Gasteiger partial charge >= 0.3 is 5.97 Å². The van der Waals surface area contributed by atoms with Crippen LogP contribution in [0.15, 0.2) is 18.2 Å². The molecule has 1 atom stereocenters. The summed E-state index contributed by atoms with van der Waals surface area (Å²) < 4.78 is 0. The minimum atomic E-state index is -1.08. The summed E-state index contributed by atoms with van der Waals surface area (Å²) in [5, 5.41) is 11.6. The number of hydrogen-bond donors (Lipinski definition) is 2. The van der Waals surface area contributed by atoms with Crippen LogP contribution in [-0.4, -0.2) is 23.0 Å². The Morgan fingerprint density at radius 3 is 2.33 bits per heavy atom. The van der Waals surface area contributed by atoms with Crippen LogP contribution in [-0.2, 0) is 4.79 Å². The van der Waals surface area contributed by atoms with Crippen LogP contribution in [0.5, 0.6) is 0 Å². The predicted molar refractivity (Wildman–Crippen MR) is 70.1 cm³/mol. The summed E-state index contributed by atoms with van der Waals surface area (Å²) in [5.41, 5.74) is 1.32. The Bertz CT molecular complexity index is 471. The summed E-state index contributed by atoms with van der Waals surface area (Å²) in [6.07, 6.45) is 0. The van der Waals surface area contributed by atoms with Crippen LogP contribution in [0.4, 0.5) is 0 Å². The molecule has 2 N–H and O–H groups in total. The van der Waals surface area contributed by atoms with Gasteiger partial charge in [0, 0.05) is 10.6 Å². The highest BCUT2D eigenvalue weighted by atomic mass is 35.5. The molecule has 0 aliphatic carbocycles. The summed E-state index contributed by atoms with van der Waals surface area (Å²) in [6, 6.07) is 4.06. The molecular formula is C13H16ClNO3. The first kappa shape index (κ1) is 14.5. The Balaban J connectivity index is 2.88. The number of carboxylic acids is 1. The van der Waals surface area contributed by atoms with Crippen molar-refractivity contribution in [2.24, 2.45) is 0 Å². The molecule has 1 aromatic rings. The second-order valence-electron chi connectivity index (χ2n) is 4.42. The molecule has 1 rings (SSSR count). The minimum Gasteiger partial charge on any atom is -0.480 e. The van der Waals surface area contributed by atoms with Crippen molar-refractivity contribution in [3.8, 4) is 0 Å². The van der Waals surface area contributed by atoms with Gasteiger partial charge in [0.25, 0.3) is 5.91 Å². The highest BCUT2D eigenvalue weighted by Crippen LogP contribution is 2.25. The molecule has 0 unspecified atom stereocenters. The lowest BCUT2D eigenvalue weighted by atomic mass is 10.0. The van der Waals surface area contributed by atoms with Gasteiger partial charge in [0.15, 0.2) is 0 Å². The van der Waals surface area contributed by atoms with E-state index < -0.39 is 17.9 Å². The fourth-order valence-electron chi connectivity index (χ4n) is 1.48. The monoisotopic (exact) mass is 269 g/mol. The standard InChI is InChI=1S/C13H16ClNO3/c1-7(2)10-5-4-9(6-11(10)14)12(16)15-8(3)13(17)18/h4-8H,1-3H3,(H,15,16)(H,17,18)/t8-/m0/s1. The number of hydrogen-bond acceptors (Lipinski definition) is 2. The SMILES string of the molecule is CC(C)c1ccc(C(=O)N[C@@H](C)C(=O)O)cc1Cl. The largest absolute Gasteiger partial charge is 0.480 e. The molecule has 0 saturated heterocycles. The molecule has 98 valence electrons. The maximum atomic E-state index is 11.8. The molecule has 0 aliphatic heterocycles. The van der Waals surface area contributed by atoms with Gasteiger partial charge in [0.1, 0.15) is 6.04 Å². The maximum absolute atomic E-state index is 11.8. The van der Waals surface area contributed by atoms with Crippen LogP contribution < -0.4 is 5.32 Å². The van der Waals surface area contributed by atoms with Crippen LogP contribution in [0.2, 0.25) is 5.02 Å². The summed E-state index contributed by atoms with van der Waals surface area (Å²) in [4.78, 5) is 22.4. The third kappa shape index (κ3) is 3.47. The summed E-state index contributed by atoms with van der Waals surface area (Å²) >= 11 is 6.07. The Labute approximate surface area is 111 Å². The maximum Gasteiger partial charge on any atom is 0.325 e. The van der Waals surface area contributed by atoms with Gasteiger partial charge in [-0.1, -0.05) is 31.5 Å². The van der Waals surface area contributed by atoms with E-state index in [1.165, 1.54) is 6.92 Å². The van der Waals surface area contributed by atoms with Gasteiger partial charge in [-0.05, 0) is 30.5 Å². The fourth-order valence-corrected chi connectivity index (χ4v) is 1.88. The lowest BCUT2D eigenvalue weighted by Crippen LogP contribution is -2.38. The molecule has 0 fully saturated rings. The number of benzene rings is 1. The molecule has 0 heterocycles. The number of aliphatic carboxylic acids is 1. The summed E-state index contributed by atoms with van der Waals surface area (Å²) in [5.74, 6) is -1.25. The lowest BCUT2D eigenvalue weighted by molar-refractivity contribution is -0.138. The quantitative estimate of drug-likeness (QED) is 0.883. The van der Waals surface area contributed by atoms with Gasteiger partial charge in [0.05, 0.1) is 0 Å². The topological polar surface area (TPSA) is 66.4 Å². The van der Waals surface area contributed by atoms with Crippen molar-refractivity contribution in [2.75, 3.05) is 0 Å². The van der Waals surface area contributed by atoms with Crippen molar-refractivity contribution in [2.45, 2.75) is 32.7 Å². The lowest BCUT2D eigenvalue weighted by Gasteiger charge is -2.12. The first-order valence-corrected chi connectivity index (χ1v) is 6.03. The van der Waals surface area contributed by atoms with E-state index in [1.54, 1.807) is 18.2 Å². The zero-order chi connectivity index (χ0) is 13.9. The second-order valence-corrected chi connectivity index (χ2v) is 4.83. The number of rotatable bonds is 4. The van der Waals surface area contributed by atoms with Crippen molar-refractivity contribution in [1.29, 1.82) is 0 Å². The molecule has 0 saturated carbocycles. The van der Waals surface area contributed by atoms with Crippen LogP contribution in [0.1, 0.15) is 42.6 Å². The van der Waals surface area contributed by atoms with Gasteiger partial charge in [-0.2, -0.15) is 0 Å². The van der Waals surface area contributed by atoms with Crippen LogP contribution in [0, 0.1) is 0 Å². The number of carbonyl (C=O) groups is 2. The summed E-state index contributed by atoms with van der Waals surface area (Å²) in [6.45, 7) is 5.42. The van der Waals surface area contributed by atoms with Gasteiger partial charge in [-0.25, -0.2) is 0 Å². The van der Waals surface area contributed by atoms with Gasteiger partial charge in [-0.15, -0.1) is 0 Å². The third-order valence-corrected chi connectivity index (χ3v) is 2.93. The van der Waals surface area contributed by atoms with Crippen molar-refractivity contribution in [3.63, 3.8) is 0 Å². The average molecular weight is 270 g/mol. The van der Waals surface area contributed by atoms with Gasteiger partial charge in [0.2, 0.25) is 0 Å². The average Bonchev–Trinajstić information content (AvgIpc) is 2.27. The smallest absolute Gasteiger partial charge is 0.325 e. The normalized spacial score (nSPS) is 12.3. The zero-order valence-electron chi connectivity index (χ0n) is 10.5. The molecule has 4 nitrogen and oxygen atoms in total. The second kappa shape index (κ2) is 5.87. The zero-order valence-corrected chi connectivity index (χ0v) is 11.3. The number of carbonyl (C=O) groups excluding carboxylic acids is 1. The van der Waals surface area contributed by atoms with Crippen LogP contribution >= 0.6 is 11.6 Å². The minimum absolute atomic E-state index is 0.271. The Morgan fingerprint density at radius 2 is 1.89 bits per heavy atom. The van der Waals surface area contributed by atoms with E-state index in [0.29, 0.717) is 10.6 Å². The Hall–Kier alpha value is -1.55. The molecule has 0 bridgehead atoms. The van der Waals surface area contributed by atoms with Crippen molar-refractivity contribution in [1.82, 2.24) is 5.32 Å². The highest BCUT2D eigenvalue weighted by Gasteiger charge is 2.16. The van der Waals surface area contributed by atoms with Gasteiger partial charge in [-0.3, -0.25) is 9.59 Å². The van der Waals surface area contributed by atoms with Crippen LogP contribution in [0.3, 0.4) is 0 Å².